The predicted octanol–water partition coefficient (Wildman–Crippen LogP) is 4.00. The van der Waals surface area contributed by atoms with Crippen LogP contribution < -0.4 is 5.73 Å². The maximum Gasteiger partial charge on any atom is 0.274 e. The van der Waals surface area contributed by atoms with E-state index >= 15 is 0 Å². The lowest BCUT2D eigenvalue weighted by molar-refractivity contribution is 0.0727. The lowest BCUT2D eigenvalue weighted by atomic mass is 10.1. The van der Waals surface area contributed by atoms with E-state index in [-0.39, 0.29) is 11.9 Å². The summed E-state index contributed by atoms with van der Waals surface area (Å²) in [6.45, 7) is 0.684. The molecule has 2 N–H and O–H groups in total. The molecule has 0 bridgehead atoms. The first-order chi connectivity index (χ1) is 14.6. The van der Waals surface area contributed by atoms with Gasteiger partial charge in [-0.1, -0.05) is 17.7 Å². The van der Waals surface area contributed by atoms with Crippen molar-refractivity contribution in [3.63, 3.8) is 0 Å². The normalized spacial score (nSPS) is 16.3. The number of amides is 1. The van der Waals surface area contributed by atoms with Crippen molar-refractivity contribution in [3.05, 3.63) is 77.6 Å². The minimum atomic E-state index is -0.0917. The number of anilines is 1. The summed E-state index contributed by atoms with van der Waals surface area (Å²) in [5, 5.41) is 0.596. The Bertz CT molecular complexity index is 1220. The molecule has 0 unspecified atom stereocenters. The maximum absolute atomic E-state index is 13.2. The molecule has 1 fully saturated rings. The fourth-order valence-corrected chi connectivity index (χ4v) is 4.05. The summed E-state index contributed by atoms with van der Waals surface area (Å²) in [7, 11) is 0. The molecule has 0 spiro atoms. The van der Waals surface area contributed by atoms with E-state index < -0.39 is 0 Å². The number of likely N-dealkylation sites (tertiary alicyclic amines) is 1. The van der Waals surface area contributed by atoms with Gasteiger partial charge in [-0.15, -0.1) is 0 Å². The van der Waals surface area contributed by atoms with Crippen molar-refractivity contribution in [2.45, 2.75) is 18.9 Å². The smallest absolute Gasteiger partial charge is 0.274 e. The fourth-order valence-electron chi connectivity index (χ4n) is 3.88. The third-order valence-electron chi connectivity index (χ3n) is 5.40. The Morgan fingerprint density at radius 3 is 2.57 bits per heavy atom. The van der Waals surface area contributed by atoms with Gasteiger partial charge in [0, 0.05) is 42.5 Å². The first-order valence-electron chi connectivity index (χ1n) is 9.71. The number of hydrogen-bond donors (Lipinski definition) is 1. The minimum absolute atomic E-state index is 0.0653. The molecule has 1 saturated heterocycles. The highest BCUT2D eigenvalue weighted by atomic mass is 35.5. The Morgan fingerprint density at radius 2 is 1.83 bits per heavy atom. The lowest BCUT2D eigenvalue weighted by Crippen LogP contribution is -2.31. The molecule has 1 aliphatic heterocycles. The number of halogens is 1. The molecule has 1 atom stereocenters. The number of imidazole rings is 1. The summed E-state index contributed by atoms with van der Waals surface area (Å²) in [5.41, 5.74) is 9.54. The molecule has 1 amide bonds. The topological polar surface area (TPSA) is 89.4 Å². The zero-order valence-electron chi connectivity index (χ0n) is 16.1. The molecule has 8 heteroatoms. The van der Waals surface area contributed by atoms with Gasteiger partial charge in [-0.05, 0) is 43.2 Å². The molecule has 5 heterocycles. The number of carbonyl (C=O) groups excluding carboxylic acids is 1. The SMILES string of the molecule is Nc1ccc(-c2ccc([C@H]3CCCN3C(=O)c3cn4cc(Cl)ccc4n3)nc2)cn1. The van der Waals surface area contributed by atoms with Gasteiger partial charge in [-0.25, -0.2) is 9.97 Å². The molecule has 1 aliphatic rings. The number of fused-ring (bicyclic) bond motifs is 1. The molecule has 150 valence electrons. The third-order valence-corrected chi connectivity index (χ3v) is 5.62. The first-order valence-corrected chi connectivity index (χ1v) is 10.1. The van der Waals surface area contributed by atoms with E-state index in [2.05, 4.69) is 15.0 Å². The van der Waals surface area contributed by atoms with E-state index in [1.165, 1.54) is 0 Å². The van der Waals surface area contributed by atoms with Gasteiger partial charge in [0.05, 0.1) is 16.8 Å². The highest BCUT2D eigenvalue weighted by molar-refractivity contribution is 6.30. The largest absolute Gasteiger partial charge is 0.384 e. The van der Waals surface area contributed by atoms with Crippen molar-refractivity contribution >= 4 is 29.0 Å². The molecule has 0 aliphatic carbocycles. The van der Waals surface area contributed by atoms with Gasteiger partial charge >= 0.3 is 0 Å². The van der Waals surface area contributed by atoms with Crippen LogP contribution in [0, 0.1) is 0 Å². The highest BCUT2D eigenvalue weighted by Crippen LogP contribution is 2.33. The third kappa shape index (κ3) is 3.37. The second-order valence-corrected chi connectivity index (χ2v) is 7.78. The Labute approximate surface area is 178 Å². The average Bonchev–Trinajstić information content (AvgIpc) is 3.41. The van der Waals surface area contributed by atoms with Gasteiger partial charge in [0.1, 0.15) is 17.2 Å². The van der Waals surface area contributed by atoms with Crippen LogP contribution in [-0.4, -0.2) is 36.7 Å². The van der Waals surface area contributed by atoms with E-state index in [1.807, 2.05) is 29.3 Å². The number of nitrogens with two attached hydrogens (primary N) is 1. The van der Waals surface area contributed by atoms with Crippen LogP contribution in [0.4, 0.5) is 5.82 Å². The number of carbonyl (C=O) groups is 1. The summed E-state index contributed by atoms with van der Waals surface area (Å²) >= 11 is 6.04. The van der Waals surface area contributed by atoms with E-state index in [0.29, 0.717) is 28.7 Å². The monoisotopic (exact) mass is 418 g/mol. The molecule has 5 rings (SSSR count). The molecule has 4 aromatic rings. The average molecular weight is 419 g/mol. The standard InChI is InChI=1S/C22H19ClN6O/c23-16-5-8-21-27-18(13-28(21)12-16)22(30)29-9-1-2-19(29)17-6-3-14(10-25-17)15-4-7-20(24)26-11-15/h3-8,10-13,19H,1-2,9H2,(H2,24,26)/t19-/m1/s1. The Kier molecular flexibility index (Phi) is 4.59. The Hall–Kier alpha value is -3.45. The molecule has 0 saturated carbocycles. The first kappa shape index (κ1) is 18.6. The minimum Gasteiger partial charge on any atom is -0.384 e. The molecule has 30 heavy (non-hydrogen) atoms. The molecule has 0 radical (unpaired) electrons. The number of rotatable bonds is 3. The van der Waals surface area contributed by atoms with Crippen molar-refractivity contribution in [3.8, 4) is 11.1 Å². The van der Waals surface area contributed by atoms with Crippen molar-refractivity contribution in [1.29, 1.82) is 0 Å². The van der Waals surface area contributed by atoms with Crippen molar-refractivity contribution in [1.82, 2.24) is 24.3 Å². The van der Waals surface area contributed by atoms with E-state index in [9.17, 15) is 4.79 Å². The summed E-state index contributed by atoms with van der Waals surface area (Å²) in [6, 6.07) is 11.2. The number of aromatic nitrogens is 4. The molecular formula is C22H19ClN6O. The number of pyridine rings is 3. The maximum atomic E-state index is 13.2. The van der Waals surface area contributed by atoms with Crippen LogP contribution in [-0.2, 0) is 0 Å². The van der Waals surface area contributed by atoms with E-state index in [0.717, 1.165) is 29.7 Å². The van der Waals surface area contributed by atoms with Crippen LogP contribution in [0.3, 0.4) is 0 Å². The van der Waals surface area contributed by atoms with Gasteiger partial charge in [-0.2, -0.15) is 0 Å². The fraction of sp³-hybridized carbons (Fsp3) is 0.182. The number of nitrogens with zero attached hydrogens (tertiary/aromatic N) is 5. The summed E-state index contributed by atoms with van der Waals surface area (Å²) in [5.74, 6) is 0.392. The number of nitrogen functional groups attached to an aromatic ring is 1. The van der Waals surface area contributed by atoms with Gasteiger partial charge in [0.15, 0.2) is 0 Å². The molecule has 7 nitrogen and oxygen atoms in total. The van der Waals surface area contributed by atoms with Crippen LogP contribution >= 0.6 is 11.6 Å². The Morgan fingerprint density at radius 1 is 1.03 bits per heavy atom. The predicted molar refractivity (Wildman–Crippen MR) is 115 cm³/mol. The molecule has 4 aromatic heterocycles. The lowest BCUT2D eigenvalue weighted by Gasteiger charge is -2.23. The van der Waals surface area contributed by atoms with Gasteiger partial charge in [-0.3, -0.25) is 9.78 Å². The van der Waals surface area contributed by atoms with Gasteiger partial charge in [0.2, 0.25) is 0 Å². The second-order valence-electron chi connectivity index (χ2n) is 7.34. The van der Waals surface area contributed by atoms with Crippen molar-refractivity contribution in [2.75, 3.05) is 12.3 Å². The van der Waals surface area contributed by atoms with Gasteiger partial charge < -0.3 is 15.0 Å². The van der Waals surface area contributed by atoms with Crippen LogP contribution in [0.5, 0.6) is 0 Å². The second kappa shape index (κ2) is 7.42. The zero-order chi connectivity index (χ0) is 20.7. The van der Waals surface area contributed by atoms with Gasteiger partial charge in [0.25, 0.3) is 5.91 Å². The van der Waals surface area contributed by atoms with E-state index in [1.54, 1.807) is 41.2 Å². The van der Waals surface area contributed by atoms with E-state index in [4.69, 9.17) is 17.3 Å². The summed E-state index contributed by atoms with van der Waals surface area (Å²) in [4.78, 5) is 28.3. The number of hydrogen-bond acceptors (Lipinski definition) is 5. The van der Waals surface area contributed by atoms with Crippen molar-refractivity contribution < 1.29 is 4.79 Å². The summed E-state index contributed by atoms with van der Waals surface area (Å²) < 4.78 is 1.77. The highest BCUT2D eigenvalue weighted by Gasteiger charge is 2.32. The molecular weight excluding hydrogens is 400 g/mol. The summed E-state index contributed by atoms with van der Waals surface area (Å²) in [6.07, 6.45) is 8.82. The van der Waals surface area contributed by atoms with Crippen LogP contribution in [0.1, 0.15) is 35.1 Å². The quantitative estimate of drug-likeness (QED) is 0.543. The van der Waals surface area contributed by atoms with Crippen molar-refractivity contribution in [2.24, 2.45) is 0 Å². The van der Waals surface area contributed by atoms with Crippen LogP contribution in [0.25, 0.3) is 16.8 Å². The molecule has 0 aromatic carbocycles. The Balaban J connectivity index is 1.40. The zero-order valence-corrected chi connectivity index (χ0v) is 16.8. The van der Waals surface area contributed by atoms with Crippen LogP contribution in [0.2, 0.25) is 5.02 Å². The van der Waals surface area contributed by atoms with Crippen LogP contribution in [0.15, 0.2) is 61.2 Å².